The van der Waals surface area contributed by atoms with E-state index in [4.69, 9.17) is 18.9 Å². The molecule has 2 saturated heterocycles. The third-order valence-electron chi connectivity index (χ3n) is 8.98. The van der Waals surface area contributed by atoms with Crippen LogP contribution in [0, 0.1) is 0 Å². The van der Waals surface area contributed by atoms with Gasteiger partial charge in [-0.3, -0.25) is 4.79 Å². The standard InChI is InChI=1S/C35H45Br2N7O7S/c36-23-5-7-29-26(17-23)27-18-24(37)6-8-30(27)44(29)19-25(45)21-51-33-20-43(42-41-33)10-12-49-14-16-50-15-13-48-11-9-38-32(46)4-2-1-3-31-34-28(22-52-31)39-35(47)40-34/h5-8,17-18,20,25,28,31,34,45H,1-4,9-16,19,21-22H2,(H,38,46)(H2,39,40,47)/t25?,28-,31-,34-/m0/s1. The Morgan fingerprint density at radius 2 is 1.67 bits per heavy atom. The van der Waals surface area contributed by atoms with Crippen molar-refractivity contribution < 1.29 is 33.6 Å². The number of unbranched alkanes of at least 4 members (excludes halogenated alkanes) is 1. The summed E-state index contributed by atoms with van der Waals surface area (Å²) in [5.74, 6) is 1.33. The molecule has 0 radical (unpaired) electrons. The van der Waals surface area contributed by atoms with Crippen LogP contribution in [0.3, 0.4) is 0 Å². The number of nitrogens with one attached hydrogen (secondary N) is 3. The van der Waals surface area contributed by atoms with Crippen molar-refractivity contribution in [3.8, 4) is 5.88 Å². The molecule has 2 fully saturated rings. The second-order valence-electron chi connectivity index (χ2n) is 12.8. The Hall–Kier alpha value is -2.93. The summed E-state index contributed by atoms with van der Waals surface area (Å²) in [6.07, 6.45) is 4.23. The van der Waals surface area contributed by atoms with Crippen LogP contribution >= 0.6 is 43.6 Å². The highest BCUT2D eigenvalue weighted by molar-refractivity contribution is 9.10. The van der Waals surface area contributed by atoms with Crippen molar-refractivity contribution in [3.63, 3.8) is 0 Å². The lowest BCUT2D eigenvalue weighted by Crippen LogP contribution is -2.36. The summed E-state index contributed by atoms with van der Waals surface area (Å²) in [5.41, 5.74) is 2.07. The Morgan fingerprint density at radius 3 is 2.40 bits per heavy atom. The molecule has 4 heterocycles. The van der Waals surface area contributed by atoms with Gasteiger partial charge in [0.05, 0.1) is 71.0 Å². The summed E-state index contributed by atoms with van der Waals surface area (Å²) in [7, 11) is 0. The van der Waals surface area contributed by atoms with Crippen LogP contribution in [0.5, 0.6) is 5.88 Å². The van der Waals surface area contributed by atoms with Gasteiger partial charge in [0.25, 0.3) is 5.88 Å². The monoisotopic (exact) mass is 865 g/mol. The predicted molar refractivity (Wildman–Crippen MR) is 206 cm³/mol. The normalized spacial score (nSPS) is 18.8. The van der Waals surface area contributed by atoms with Gasteiger partial charge >= 0.3 is 6.03 Å². The van der Waals surface area contributed by atoms with Gasteiger partial charge in [-0.2, -0.15) is 11.8 Å². The lowest BCUT2D eigenvalue weighted by molar-refractivity contribution is -0.121. The second kappa shape index (κ2) is 19.4. The van der Waals surface area contributed by atoms with E-state index in [2.05, 4.69) is 74.8 Å². The fourth-order valence-corrected chi connectivity index (χ4v) is 8.74. The number of fused-ring (bicyclic) bond motifs is 4. The third-order valence-corrected chi connectivity index (χ3v) is 11.5. The number of carbonyl (C=O) groups is 2. The van der Waals surface area contributed by atoms with Gasteiger partial charge in [0.2, 0.25) is 5.91 Å². The van der Waals surface area contributed by atoms with E-state index in [1.165, 1.54) is 0 Å². The zero-order valence-corrected chi connectivity index (χ0v) is 32.8. The molecule has 2 aromatic heterocycles. The van der Waals surface area contributed by atoms with E-state index < -0.39 is 6.10 Å². The number of carbonyl (C=O) groups excluding carboxylic acids is 2. The molecule has 0 saturated carbocycles. The van der Waals surface area contributed by atoms with Crippen LogP contribution in [-0.2, 0) is 32.1 Å². The molecule has 0 spiro atoms. The molecule has 0 aliphatic carbocycles. The lowest BCUT2D eigenvalue weighted by Gasteiger charge is -2.16. The lowest BCUT2D eigenvalue weighted by atomic mass is 10.0. The Labute approximate surface area is 323 Å². The number of rotatable bonds is 22. The molecule has 282 valence electrons. The van der Waals surface area contributed by atoms with Gasteiger partial charge in [-0.15, -0.1) is 0 Å². The van der Waals surface area contributed by atoms with Crippen LogP contribution in [-0.4, -0.2) is 119 Å². The van der Waals surface area contributed by atoms with Gasteiger partial charge in [0, 0.05) is 54.7 Å². The number of aliphatic hydroxyl groups is 1. The molecule has 2 aliphatic heterocycles. The maximum atomic E-state index is 12.1. The van der Waals surface area contributed by atoms with E-state index in [1.54, 1.807) is 10.9 Å². The Balaban J connectivity index is 0.753. The number of nitrogens with zero attached hydrogens (tertiary/aromatic N) is 4. The van der Waals surface area contributed by atoms with Crippen molar-refractivity contribution in [2.24, 2.45) is 0 Å². The van der Waals surface area contributed by atoms with Crippen LogP contribution in [0.2, 0.25) is 0 Å². The van der Waals surface area contributed by atoms with Gasteiger partial charge in [-0.05, 0) is 49.2 Å². The summed E-state index contributed by atoms with van der Waals surface area (Å²) in [4.78, 5) is 23.6. The highest BCUT2D eigenvalue weighted by Gasteiger charge is 2.42. The van der Waals surface area contributed by atoms with E-state index in [9.17, 15) is 14.7 Å². The van der Waals surface area contributed by atoms with Gasteiger partial charge in [0.1, 0.15) is 12.7 Å². The fraction of sp³-hybridized carbons (Fsp3) is 0.543. The Morgan fingerprint density at radius 1 is 0.981 bits per heavy atom. The number of ether oxygens (including phenoxy) is 4. The van der Waals surface area contributed by atoms with Crippen molar-refractivity contribution in [1.82, 2.24) is 35.5 Å². The molecule has 1 unspecified atom stereocenters. The third kappa shape index (κ3) is 10.8. The topological polar surface area (TPSA) is 163 Å². The summed E-state index contributed by atoms with van der Waals surface area (Å²) in [6.45, 7) is 4.02. The fourth-order valence-electron chi connectivity index (χ4n) is 6.47. The summed E-state index contributed by atoms with van der Waals surface area (Å²) in [5, 5.41) is 30.5. The van der Waals surface area contributed by atoms with Gasteiger partial charge < -0.3 is 44.6 Å². The first kappa shape index (κ1) is 38.8. The smallest absolute Gasteiger partial charge is 0.315 e. The van der Waals surface area contributed by atoms with E-state index in [0.717, 1.165) is 55.8 Å². The van der Waals surface area contributed by atoms with E-state index in [-0.39, 0.29) is 30.6 Å². The minimum absolute atomic E-state index is 0.0346. The molecule has 17 heteroatoms. The Bertz CT molecular complexity index is 1730. The quantitative estimate of drug-likeness (QED) is 0.0665. The second-order valence-corrected chi connectivity index (χ2v) is 15.9. The highest BCUT2D eigenvalue weighted by Crippen LogP contribution is 2.34. The average Bonchev–Trinajstić information content (AvgIpc) is 3.90. The molecule has 6 rings (SSSR count). The van der Waals surface area contributed by atoms with Crippen molar-refractivity contribution in [3.05, 3.63) is 51.5 Å². The van der Waals surface area contributed by atoms with Crippen LogP contribution in [0.15, 0.2) is 51.5 Å². The van der Waals surface area contributed by atoms with E-state index >= 15 is 0 Å². The minimum atomic E-state index is -0.760. The largest absolute Gasteiger partial charge is 0.473 e. The van der Waals surface area contributed by atoms with Crippen LogP contribution in [0.1, 0.15) is 25.7 Å². The van der Waals surface area contributed by atoms with Gasteiger partial charge in [0.15, 0.2) is 0 Å². The maximum absolute atomic E-state index is 12.1. The summed E-state index contributed by atoms with van der Waals surface area (Å²) in [6, 6.07) is 12.7. The van der Waals surface area contributed by atoms with Crippen LogP contribution in [0.4, 0.5) is 4.79 Å². The molecule has 52 heavy (non-hydrogen) atoms. The average molecular weight is 868 g/mol. The molecule has 3 amide bonds. The first-order valence-corrected chi connectivity index (χ1v) is 20.2. The zero-order chi connectivity index (χ0) is 36.3. The van der Waals surface area contributed by atoms with Crippen LogP contribution < -0.4 is 20.7 Å². The van der Waals surface area contributed by atoms with Crippen molar-refractivity contribution in [1.29, 1.82) is 0 Å². The number of aliphatic hydroxyl groups excluding tert-OH is 1. The number of thioether (sulfide) groups is 1. The first-order valence-electron chi connectivity index (χ1n) is 17.6. The molecule has 2 aromatic carbocycles. The van der Waals surface area contributed by atoms with Crippen LogP contribution in [0.25, 0.3) is 21.8 Å². The van der Waals surface area contributed by atoms with Gasteiger partial charge in [-0.25, -0.2) is 9.48 Å². The molecule has 4 atom stereocenters. The number of hydrogen-bond acceptors (Lipinski definition) is 10. The van der Waals surface area contributed by atoms with Crippen molar-refractivity contribution in [2.75, 3.05) is 58.5 Å². The zero-order valence-electron chi connectivity index (χ0n) is 28.8. The number of halogens is 2. The molecule has 2 aliphatic rings. The molecule has 0 bridgehead atoms. The first-order chi connectivity index (χ1) is 25.3. The molecule has 14 nitrogen and oxygen atoms in total. The molecular weight excluding hydrogens is 822 g/mol. The number of aromatic nitrogens is 4. The minimum Gasteiger partial charge on any atom is -0.473 e. The van der Waals surface area contributed by atoms with Crippen molar-refractivity contribution in [2.45, 2.75) is 62.2 Å². The van der Waals surface area contributed by atoms with Crippen molar-refractivity contribution >= 4 is 77.4 Å². The van der Waals surface area contributed by atoms with Gasteiger partial charge in [-0.1, -0.05) is 48.6 Å². The summed E-state index contributed by atoms with van der Waals surface area (Å²) < 4.78 is 28.2. The van der Waals surface area contributed by atoms with E-state index in [1.807, 2.05) is 36.0 Å². The number of benzene rings is 2. The van der Waals surface area contributed by atoms with E-state index in [0.29, 0.717) is 76.8 Å². The highest BCUT2D eigenvalue weighted by atomic mass is 79.9. The Kier molecular flexibility index (Phi) is 14.5. The summed E-state index contributed by atoms with van der Waals surface area (Å²) >= 11 is 9.04. The molecule has 4 N–H and O–H groups in total. The molecule has 4 aromatic rings. The SMILES string of the molecule is O=C(CCCC[C@@H]1SC[C@@H]2NC(=O)N[C@@H]21)NCCOCCOCCOCCn1cc(OCC(O)Cn2c3ccc(Br)cc3c3cc(Br)ccc32)nn1. The number of amides is 3. The predicted octanol–water partition coefficient (Wildman–Crippen LogP) is 4.24. The molecular formula is C35H45Br2N7O7S. The number of hydrogen-bond donors (Lipinski definition) is 4. The number of urea groups is 1. The maximum Gasteiger partial charge on any atom is 0.315 e.